The van der Waals surface area contributed by atoms with E-state index in [0.717, 1.165) is 24.5 Å². The van der Waals surface area contributed by atoms with E-state index in [0.29, 0.717) is 0 Å². The smallest absolute Gasteiger partial charge is 0.154 e. The summed E-state index contributed by atoms with van der Waals surface area (Å²) in [6.07, 6.45) is 0.992. The molecule has 0 saturated heterocycles. The van der Waals surface area contributed by atoms with Crippen molar-refractivity contribution in [3.63, 3.8) is 0 Å². The van der Waals surface area contributed by atoms with Crippen LogP contribution in [0.2, 0.25) is 0 Å². The lowest BCUT2D eigenvalue weighted by atomic mass is 10.1. The molecule has 0 radical (unpaired) electrons. The zero-order valence-electron chi connectivity index (χ0n) is 10.9. The SMILES string of the molecule is COc1ccc(CNC2Cc3ccccc3O2)cc1. The molecule has 98 valence electrons. The van der Waals surface area contributed by atoms with Gasteiger partial charge in [-0.2, -0.15) is 0 Å². The predicted molar refractivity (Wildman–Crippen MR) is 74.4 cm³/mol. The van der Waals surface area contributed by atoms with Crippen LogP contribution >= 0.6 is 0 Å². The van der Waals surface area contributed by atoms with Crippen LogP contribution in [0, 0.1) is 0 Å². The maximum Gasteiger partial charge on any atom is 0.154 e. The molecule has 0 amide bonds. The quantitative estimate of drug-likeness (QED) is 0.911. The van der Waals surface area contributed by atoms with Gasteiger partial charge in [0.2, 0.25) is 0 Å². The number of nitrogens with one attached hydrogen (secondary N) is 1. The van der Waals surface area contributed by atoms with Gasteiger partial charge in [0.15, 0.2) is 6.23 Å². The van der Waals surface area contributed by atoms with E-state index >= 15 is 0 Å². The molecular formula is C16H17NO2. The summed E-state index contributed by atoms with van der Waals surface area (Å²) < 4.78 is 11.0. The van der Waals surface area contributed by atoms with Crippen molar-refractivity contribution in [1.29, 1.82) is 0 Å². The van der Waals surface area contributed by atoms with Crippen molar-refractivity contribution in [2.75, 3.05) is 7.11 Å². The van der Waals surface area contributed by atoms with E-state index in [9.17, 15) is 0 Å². The van der Waals surface area contributed by atoms with E-state index in [-0.39, 0.29) is 6.23 Å². The third kappa shape index (κ3) is 2.71. The highest BCUT2D eigenvalue weighted by Crippen LogP contribution is 2.27. The second-order valence-corrected chi connectivity index (χ2v) is 4.65. The topological polar surface area (TPSA) is 30.5 Å². The number of hydrogen-bond acceptors (Lipinski definition) is 3. The Labute approximate surface area is 113 Å². The maximum atomic E-state index is 5.84. The second-order valence-electron chi connectivity index (χ2n) is 4.65. The minimum absolute atomic E-state index is 0.0690. The highest BCUT2D eigenvalue weighted by molar-refractivity contribution is 5.37. The van der Waals surface area contributed by atoms with E-state index < -0.39 is 0 Å². The van der Waals surface area contributed by atoms with E-state index in [1.807, 2.05) is 30.3 Å². The average molecular weight is 255 g/mol. The number of fused-ring (bicyclic) bond motifs is 1. The van der Waals surface area contributed by atoms with Crippen molar-refractivity contribution in [3.05, 3.63) is 59.7 Å². The van der Waals surface area contributed by atoms with Crippen molar-refractivity contribution >= 4 is 0 Å². The molecule has 0 fully saturated rings. The Balaban J connectivity index is 1.56. The second kappa shape index (κ2) is 5.33. The van der Waals surface area contributed by atoms with Crippen LogP contribution in [0.15, 0.2) is 48.5 Å². The standard InChI is InChI=1S/C16H17NO2/c1-18-14-8-6-12(7-9-14)11-17-16-10-13-4-2-3-5-15(13)19-16/h2-9,16-17H,10-11H2,1H3. The van der Waals surface area contributed by atoms with E-state index in [1.165, 1.54) is 11.1 Å². The largest absolute Gasteiger partial charge is 0.497 e. The molecule has 0 spiro atoms. The highest BCUT2D eigenvalue weighted by Gasteiger charge is 2.21. The van der Waals surface area contributed by atoms with Gasteiger partial charge in [0, 0.05) is 13.0 Å². The number of methoxy groups -OCH3 is 1. The first kappa shape index (κ1) is 12.1. The summed E-state index contributed by atoms with van der Waals surface area (Å²) in [6.45, 7) is 0.794. The molecule has 19 heavy (non-hydrogen) atoms. The van der Waals surface area contributed by atoms with Gasteiger partial charge in [0.25, 0.3) is 0 Å². The molecule has 0 aliphatic carbocycles. The van der Waals surface area contributed by atoms with Gasteiger partial charge in [-0.1, -0.05) is 30.3 Å². The number of rotatable bonds is 4. The molecule has 3 rings (SSSR count). The summed E-state index contributed by atoms with van der Waals surface area (Å²) >= 11 is 0. The Bertz CT molecular complexity index is 526. The molecule has 1 aliphatic rings. The summed E-state index contributed by atoms with van der Waals surface area (Å²) in [7, 11) is 1.68. The van der Waals surface area contributed by atoms with Crippen molar-refractivity contribution < 1.29 is 9.47 Å². The van der Waals surface area contributed by atoms with Crippen LogP contribution in [0.5, 0.6) is 11.5 Å². The minimum atomic E-state index is 0.0690. The molecule has 0 saturated carbocycles. The van der Waals surface area contributed by atoms with Gasteiger partial charge in [0.1, 0.15) is 11.5 Å². The zero-order valence-corrected chi connectivity index (χ0v) is 10.9. The summed E-state index contributed by atoms with van der Waals surface area (Å²) in [5.74, 6) is 1.88. The van der Waals surface area contributed by atoms with Crippen LogP contribution in [0.3, 0.4) is 0 Å². The molecular weight excluding hydrogens is 238 g/mol. The van der Waals surface area contributed by atoms with Gasteiger partial charge in [-0.05, 0) is 29.3 Å². The normalized spacial score (nSPS) is 16.8. The van der Waals surface area contributed by atoms with Crippen LogP contribution in [-0.4, -0.2) is 13.3 Å². The van der Waals surface area contributed by atoms with Crippen molar-refractivity contribution in [3.8, 4) is 11.5 Å². The lowest BCUT2D eigenvalue weighted by Crippen LogP contribution is -2.32. The van der Waals surface area contributed by atoms with E-state index in [4.69, 9.17) is 9.47 Å². The molecule has 0 bridgehead atoms. The van der Waals surface area contributed by atoms with Crippen LogP contribution in [0.25, 0.3) is 0 Å². The van der Waals surface area contributed by atoms with Crippen LogP contribution in [0.1, 0.15) is 11.1 Å². The van der Waals surface area contributed by atoms with E-state index in [1.54, 1.807) is 7.11 Å². The first-order valence-corrected chi connectivity index (χ1v) is 6.46. The molecule has 3 heteroatoms. The summed E-state index contributed by atoms with van der Waals surface area (Å²) in [5.41, 5.74) is 2.50. The molecule has 1 aliphatic heterocycles. The Morgan fingerprint density at radius 1 is 1.16 bits per heavy atom. The molecule has 1 N–H and O–H groups in total. The third-order valence-corrected chi connectivity index (χ3v) is 3.34. The molecule has 1 unspecified atom stereocenters. The van der Waals surface area contributed by atoms with Gasteiger partial charge in [-0.25, -0.2) is 0 Å². The van der Waals surface area contributed by atoms with Gasteiger partial charge >= 0.3 is 0 Å². The fraction of sp³-hybridized carbons (Fsp3) is 0.250. The summed E-state index contributed by atoms with van der Waals surface area (Å²) in [4.78, 5) is 0. The highest BCUT2D eigenvalue weighted by atomic mass is 16.5. The predicted octanol–water partition coefficient (Wildman–Crippen LogP) is 2.75. The first-order chi connectivity index (χ1) is 9.35. The lowest BCUT2D eigenvalue weighted by molar-refractivity contribution is 0.190. The summed E-state index contributed by atoms with van der Waals surface area (Å²) in [6, 6.07) is 16.3. The van der Waals surface area contributed by atoms with Gasteiger partial charge < -0.3 is 9.47 Å². The van der Waals surface area contributed by atoms with Crippen molar-refractivity contribution in [2.45, 2.75) is 19.2 Å². The molecule has 2 aromatic carbocycles. The van der Waals surface area contributed by atoms with Crippen LogP contribution in [-0.2, 0) is 13.0 Å². The lowest BCUT2D eigenvalue weighted by Gasteiger charge is -2.13. The minimum Gasteiger partial charge on any atom is -0.497 e. The molecule has 0 aromatic heterocycles. The number of benzene rings is 2. The molecule has 1 atom stereocenters. The Morgan fingerprint density at radius 3 is 2.68 bits per heavy atom. The first-order valence-electron chi connectivity index (χ1n) is 6.46. The molecule has 3 nitrogen and oxygen atoms in total. The third-order valence-electron chi connectivity index (χ3n) is 3.34. The Kier molecular flexibility index (Phi) is 3.38. The van der Waals surface area contributed by atoms with Gasteiger partial charge in [0.05, 0.1) is 7.11 Å². The van der Waals surface area contributed by atoms with Gasteiger partial charge in [-0.3, -0.25) is 5.32 Å². The van der Waals surface area contributed by atoms with Gasteiger partial charge in [-0.15, -0.1) is 0 Å². The monoisotopic (exact) mass is 255 g/mol. The van der Waals surface area contributed by atoms with Crippen molar-refractivity contribution in [1.82, 2.24) is 5.32 Å². The Morgan fingerprint density at radius 2 is 1.95 bits per heavy atom. The number of hydrogen-bond donors (Lipinski definition) is 1. The number of para-hydroxylation sites is 1. The average Bonchev–Trinajstić information content (AvgIpc) is 2.88. The zero-order chi connectivity index (χ0) is 13.1. The Hall–Kier alpha value is -2.00. The maximum absolute atomic E-state index is 5.84. The number of ether oxygens (including phenoxy) is 2. The van der Waals surface area contributed by atoms with Crippen molar-refractivity contribution in [2.24, 2.45) is 0 Å². The molecule has 1 heterocycles. The van der Waals surface area contributed by atoms with Crippen LogP contribution in [0.4, 0.5) is 0 Å². The summed E-state index contributed by atoms with van der Waals surface area (Å²) in [5, 5.41) is 3.42. The fourth-order valence-electron chi connectivity index (χ4n) is 2.27. The fourth-order valence-corrected chi connectivity index (χ4v) is 2.27. The van der Waals surface area contributed by atoms with Crippen LogP contribution < -0.4 is 14.8 Å². The molecule has 2 aromatic rings. The van der Waals surface area contributed by atoms with E-state index in [2.05, 4.69) is 23.5 Å².